The predicted molar refractivity (Wildman–Crippen MR) is 63.7 cm³/mol. The molecule has 1 aromatic rings. The summed E-state index contributed by atoms with van der Waals surface area (Å²) in [6, 6.07) is 3.41. The van der Waals surface area contributed by atoms with E-state index in [1.165, 1.54) is 0 Å². The minimum Gasteiger partial charge on any atom is -0.347 e. The van der Waals surface area contributed by atoms with Gasteiger partial charge in [-0.2, -0.15) is 0 Å². The molecule has 0 unspecified atom stereocenters. The van der Waals surface area contributed by atoms with Crippen molar-refractivity contribution in [1.82, 2.24) is 10.3 Å². The van der Waals surface area contributed by atoms with Crippen LogP contribution in [0.25, 0.3) is 0 Å². The predicted octanol–water partition coefficient (Wildman–Crippen LogP) is 2.58. The molecule has 1 amide bonds. The number of nitrogens with zero attached hydrogens (tertiary/aromatic N) is 1. The number of aromatic nitrogens is 1. The molecule has 0 atom stereocenters. The van der Waals surface area contributed by atoms with Gasteiger partial charge in [-0.3, -0.25) is 4.79 Å². The zero-order chi connectivity index (χ0) is 11.8. The van der Waals surface area contributed by atoms with Crippen LogP contribution in [0.4, 0.5) is 0 Å². The quantitative estimate of drug-likeness (QED) is 0.823. The number of hydrogen-bond donors (Lipinski definition) is 1. The maximum Gasteiger partial charge on any atom is 0.251 e. The SMILES string of the molecule is CCc1cc(C(=O)NC2(C)CC2)cc(Cl)n1. The maximum atomic E-state index is 11.9. The first-order valence-corrected chi connectivity index (χ1v) is 5.89. The summed E-state index contributed by atoms with van der Waals surface area (Å²) in [5, 5.41) is 3.38. The number of aryl methyl sites for hydroxylation is 1. The summed E-state index contributed by atoms with van der Waals surface area (Å²) in [7, 11) is 0. The fraction of sp³-hybridized carbons (Fsp3) is 0.500. The molecule has 3 nitrogen and oxygen atoms in total. The van der Waals surface area contributed by atoms with Gasteiger partial charge in [-0.05, 0) is 38.3 Å². The highest BCUT2D eigenvalue weighted by atomic mass is 35.5. The van der Waals surface area contributed by atoms with E-state index in [1.54, 1.807) is 12.1 Å². The third-order valence-corrected chi connectivity index (χ3v) is 3.08. The van der Waals surface area contributed by atoms with Crippen LogP contribution in [0.15, 0.2) is 12.1 Å². The van der Waals surface area contributed by atoms with Crippen molar-refractivity contribution >= 4 is 17.5 Å². The van der Waals surface area contributed by atoms with Crippen LogP contribution in [0.3, 0.4) is 0 Å². The second-order valence-electron chi connectivity index (χ2n) is 4.54. The van der Waals surface area contributed by atoms with Crippen LogP contribution in [-0.2, 0) is 6.42 Å². The molecule has 0 bridgehead atoms. The van der Waals surface area contributed by atoms with Gasteiger partial charge in [0.05, 0.1) is 0 Å². The molecule has 0 spiro atoms. The number of rotatable bonds is 3. The monoisotopic (exact) mass is 238 g/mol. The molecular weight excluding hydrogens is 224 g/mol. The summed E-state index contributed by atoms with van der Waals surface area (Å²) in [5.41, 5.74) is 1.45. The Morgan fingerprint density at radius 2 is 2.25 bits per heavy atom. The molecule has 1 aromatic heterocycles. The number of nitrogens with one attached hydrogen (secondary N) is 1. The van der Waals surface area contributed by atoms with Crippen LogP contribution in [0.5, 0.6) is 0 Å². The van der Waals surface area contributed by atoms with Gasteiger partial charge in [0, 0.05) is 16.8 Å². The molecule has 0 aliphatic heterocycles. The summed E-state index contributed by atoms with van der Waals surface area (Å²) in [4.78, 5) is 16.1. The van der Waals surface area contributed by atoms with Gasteiger partial charge in [0.15, 0.2) is 0 Å². The van der Waals surface area contributed by atoms with E-state index in [-0.39, 0.29) is 11.4 Å². The second-order valence-corrected chi connectivity index (χ2v) is 4.93. The first-order valence-electron chi connectivity index (χ1n) is 5.51. The van der Waals surface area contributed by atoms with Crippen molar-refractivity contribution in [3.05, 3.63) is 28.5 Å². The lowest BCUT2D eigenvalue weighted by molar-refractivity contribution is 0.0935. The van der Waals surface area contributed by atoms with Crippen LogP contribution in [0, 0.1) is 0 Å². The Hall–Kier alpha value is -1.09. The smallest absolute Gasteiger partial charge is 0.251 e. The minimum absolute atomic E-state index is 0.000786. The summed E-state index contributed by atoms with van der Waals surface area (Å²) in [5.74, 6) is -0.0565. The number of halogens is 1. The van der Waals surface area contributed by atoms with E-state index >= 15 is 0 Å². The molecule has 0 aromatic carbocycles. The van der Waals surface area contributed by atoms with Gasteiger partial charge in [-0.15, -0.1) is 0 Å². The molecule has 1 aliphatic carbocycles. The Bertz CT molecular complexity index is 427. The standard InChI is InChI=1S/C12H15ClN2O/c1-3-9-6-8(7-10(13)14-9)11(16)15-12(2)4-5-12/h6-7H,3-5H2,1-2H3,(H,15,16). The molecule has 1 N–H and O–H groups in total. The Kier molecular flexibility index (Phi) is 2.89. The van der Waals surface area contributed by atoms with E-state index in [0.29, 0.717) is 10.7 Å². The summed E-state index contributed by atoms with van der Waals surface area (Å²) >= 11 is 5.87. The molecule has 1 fully saturated rings. The largest absolute Gasteiger partial charge is 0.347 e. The molecule has 0 radical (unpaired) electrons. The minimum atomic E-state index is -0.0565. The highest BCUT2D eigenvalue weighted by molar-refractivity contribution is 6.29. The molecule has 1 aliphatic rings. The second kappa shape index (κ2) is 4.06. The Balaban J connectivity index is 2.18. The van der Waals surface area contributed by atoms with E-state index in [4.69, 9.17) is 11.6 Å². The number of amides is 1. The normalized spacial score (nSPS) is 16.9. The number of carbonyl (C=O) groups excluding carboxylic acids is 1. The number of hydrogen-bond acceptors (Lipinski definition) is 2. The maximum absolute atomic E-state index is 11.9. The average molecular weight is 239 g/mol. The molecule has 0 saturated heterocycles. The van der Waals surface area contributed by atoms with Gasteiger partial charge in [0.1, 0.15) is 5.15 Å². The van der Waals surface area contributed by atoms with Crippen molar-refractivity contribution in [2.75, 3.05) is 0 Å². The number of pyridine rings is 1. The first-order chi connectivity index (χ1) is 7.52. The molecule has 1 saturated carbocycles. The Morgan fingerprint density at radius 3 is 2.81 bits per heavy atom. The van der Waals surface area contributed by atoms with Crippen molar-refractivity contribution in [2.24, 2.45) is 0 Å². The van der Waals surface area contributed by atoms with Gasteiger partial charge in [0.2, 0.25) is 0 Å². The topological polar surface area (TPSA) is 42.0 Å². The van der Waals surface area contributed by atoms with E-state index in [2.05, 4.69) is 17.2 Å². The lowest BCUT2D eigenvalue weighted by atomic mass is 10.2. The van der Waals surface area contributed by atoms with Crippen LogP contribution in [0.1, 0.15) is 42.7 Å². The van der Waals surface area contributed by atoms with E-state index < -0.39 is 0 Å². The van der Waals surface area contributed by atoms with Gasteiger partial charge in [-0.1, -0.05) is 18.5 Å². The molecule has 1 heterocycles. The fourth-order valence-corrected chi connectivity index (χ4v) is 1.75. The highest BCUT2D eigenvalue weighted by Crippen LogP contribution is 2.34. The average Bonchev–Trinajstić information content (AvgIpc) is 2.95. The number of carbonyl (C=O) groups is 1. The zero-order valence-electron chi connectivity index (χ0n) is 9.51. The zero-order valence-corrected chi connectivity index (χ0v) is 10.3. The van der Waals surface area contributed by atoms with Crippen molar-refractivity contribution < 1.29 is 4.79 Å². The van der Waals surface area contributed by atoms with Gasteiger partial charge in [-0.25, -0.2) is 4.98 Å². The molecular formula is C12H15ClN2O. The first kappa shape index (κ1) is 11.4. The van der Waals surface area contributed by atoms with Crippen LogP contribution < -0.4 is 5.32 Å². The Morgan fingerprint density at radius 1 is 1.56 bits per heavy atom. The highest BCUT2D eigenvalue weighted by Gasteiger charge is 2.38. The molecule has 86 valence electrons. The molecule has 16 heavy (non-hydrogen) atoms. The van der Waals surface area contributed by atoms with Gasteiger partial charge >= 0.3 is 0 Å². The summed E-state index contributed by atoms with van der Waals surface area (Å²) in [6.45, 7) is 4.04. The van der Waals surface area contributed by atoms with E-state index in [1.807, 2.05) is 6.92 Å². The summed E-state index contributed by atoms with van der Waals surface area (Å²) in [6.07, 6.45) is 2.88. The lowest BCUT2D eigenvalue weighted by Gasteiger charge is -2.12. The van der Waals surface area contributed by atoms with Crippen molar-refractivity contribution in [2.45, 2.75) is 38.6 Å². The van der Waals surface area contributed by atoms with E-state index in [9.17, 15) is 4.79 Å². The fourth-order valence-electron chi connectivity index (χ4n) is 1.52. The molecule has 4 heteroatoms. The van der Waals surface area contributed by atoms with Crippen LogP contribution in [0.2, 0.25) is 5.15 Å². The van der Waals surface area contributed by atoms with E-state index in [0.717, 1.165) is 25.0 Å². The van der Waals surface area contributed by atoms with Gasteiger partial charge in [0.25, 0.3) is 5.91 Å². The summed E-state index contributed by atoms with van der Waals surface area (Å²) < 4.78 is 0. The third kappa shape index (κ3) is 2.53. The van der Waals surface area contributed by atoms with Crippen molar-refractivity contribution in [3.63, 3.8) is 0 Å². The van der Waals surface area contributed by atoms with Crippen LogP contribution >= 0.6 is 11.6 Å². The van der Waals surface area contributed by atoms with Crippen molar-refractivity contribution in [3.8, 4) is 0 Å². The van der Waals surface area contributed by atoms with Crippen molar-refractivity contribution in [1.29, 1.82) is 0 Å². The van der Waals surface area contributed by atoms with Gasteiger partial charge < -0.3 is 5.32 Å². The Labute approximate surface area is 100 Å². The van der Waals surface area contributed by atoms with Crippen LogP contribution in [-0.4, -0.2) is 16.4 Å². The third-order valence-electron chi connectivity index (χ3n) is 2.89. The lowest BCUT2D eigenvalue weighted by Crippen LogP contribution is -2.34. The molecule has 2 rings (SSSR count).